The molecule has 0 saturated heterocycles. The van der Waals surface area contributed by atoms with Gasteiger partial charge in [0, 0.05) is 30.9 Å². The van der Waals surface area contributed by atoms with Crippen LogP contribution in [-0.2, 0) is 0 Å². The molecule has 3 nitrogen and oxygen atoms in total. The van der Waals surface area contributed by atoms with Gasteiger partial charge in [0.25, 0.3) is 5.91 Å². The summed E-state index contributed by atoms with van der Waals surface area (Å²) in [6.45, 7) is 4.75. The first-order valence-corrected chi connectivity index (χ1v) is 7.44. The van der Waals surface area contributed by atoms with Crippen LogP contribution in [0.1, 0.15) is 23.7 Å². The maximum Gasteiger partial charge on any atom is 0.251 e. The molecule has 0 aliphatic heterocycles. The molecule has 21 heavy (non-hydrogen) atoms. The van der Waals surface area contributed by atoms with Gasteiger partial charge in [0.15, 0.2) is 0 Å². The first-order valence-electron chi connectivity index (χ1n) is 7.44. The molecule has 3 heteroatoms. The van der Waals surface area contributed by atoms with Crippen molar-refractivity contribution in [3.8, 4) is 0 Å². The first kappa shape index (κ1) is 15.1. The molecule has 0 radical (unpaired) electrons. The van der Waals surface area contributed by atoms with Crippen LogP contribution >= 0.6 is 0 Å². The molecule has 0 fully saturated rings. The Balaban J connectivity index is 1.75. The Morgan fingerprint density at radius 1 is 1.00 bits per heavy atom. The van der Waals surface area contributed by atoms with Gasteiger partial charge in [-0.05, 0) is 37.6 Å². The molecule has 0 atom stereocenters. The summed E-state index contributed by atoms with van der Waals surface area (Å²) in [4.78, 5) is 14.2. The highest BCUT2D eigenvalue weighted by atomic mass is 16.1. The third-order valence-corrected chi connectivity index (χ3v) is 3.43. The third-order valence-electron chi connectivity index (χ3n) is 3.43. The smallest absolute Gasteiger partial charge is 0.251 e. The zero-order valence-electron chi connectivity index (χ0n) is 12.5. The second-order valence-corrected chi connectivity index (χ2v) is 4.89. The fourth-order valence-electron chi connectivity index (χ4n) is 2.27. The summed E-state index contributed by atoms with van der Waals surface area (Å²) in [5, 5.41) is 2.96. The summed E-state index contributed by atoms with van der Waals surface area (Å²) >= 11 is 0. The van der Waals surface area contributed by atoms with Gasteiger partial charge in [-0.1, -0.05) is 36.4 Å². The molecule has 110 valence electrons. The Labute approximate surface area is 126 Å². The molecule has 0 bridgehead atoms. The van der Waals surface area contributed by atoms with E-state index in [2.05, 4.69) is 41.4 Å². The number of anilines is 1. The highest BCUT2D eigenvalue weighted by molar-refractivity contribution is 5.94. The lowest BCUT2D eigenvalue weighted by molar-refractivity contribution is 0.0953. The number of hydrogen-bond acceptors (Lipinski definition) is 2. The monoisotopic (exact) mass is 282 g/mol. The van der Waals surface area contributed by atoms with E-state index in [0.29, 0.717) is 12.1 Å². The maximum absolute atomic E-state index is 11.9. The zero-order chi connectivity index (χ0) is 14.9. The fourth-order valence-corrected chi connectivity index (χ4v) is 2.27. The van der Waals surface area contributed by atoms with Crippen LogP contribution in [0.15, 0.2) is 60.7 Å². The second kappa shape index (κ2) is 8.10. The standard InChI is InChI=1S/C18H22N2O/c1-2-20(17-12-7-4-8-13-17)15-9-14-19-18(21)16-10-5-3-6-11-16/h3-8,10-13H,2,9,14-15H2,1H3,(H,19,21). The van der Waals surface area contributed by atoms with Crippen molar-refractivity contribution in [2.75, 3.05) is 24.5 Å². The predicted octanol–water partition coefficient (Wildman–Crippen LogP) is 3.33. The fraction of sp³-hybridized carbons (Fsp3) is 0.278. The molecule has 1 N–H and O–H groups in total. The van der Waals surface area contributed by atoms with Crippen LogP contribution in [0.4, 0.5) is 5.69 Å². The lowest BCUT2D eigenvalue weighted by Crippen LogP contribution is -2.29. The van der Waals surface area contributed by atoms with E-state index in [4.69, 9.17) is 0 Å². The molecule has 0 saturated carbocycles. The third kappa shape index (κ3) is 4.63. The summed E-state index contributed by atoms with van der Waals surface area (Å²) < 4.78 is 0. The van der Waals surface area contributed by atoms with Crippen molar-refractivity contribution < 1.29 is 4.79 Å². The van der Waals surface area contributed by atoms with Crippen molar-refractivity contribution >= 4 is 11.6 Å². The lowest BCUT2D eigenvalue weighted by atomic mass is 10.2. The molecule has 0 spiro atoms. The van der Waals surface area contributed by atoms with E-state index in [1.165, 1.54) is 5.69 Å². The SMILES string of the molecule is CCN(CCCNC(=O)c1ccccc1)c1ccccc1. The van der Waals surface area contributed by atoms with Crippen LogP contribution < -0.4 is 10.2 Å². The van der Waals surface area contributed by atoms with Crippen molar-refractivity contribution in [3.63, 3.8) is 0 Å². The highest BCUT2D eigenvalue weighted by Crippen LogP contribution is 2.12. The number of nitrogens with one attached hydrogen (secondary N) is 1. The average Bonchev–Trinajstić information content (AvgIpc) is 2.56. The quantitative estimate of drug-likeness (QED) is 0.790. The van der Waals surface area contributed by atoms with Crippen molar-refractivity contribution in [2.24, 2.45) is 0 Å². The Kier molecular flexibility index (Phi) is 5.83. The number of carbonyl (C=O) groups excluding carboxylic acids is 1. The van der Waals surface area contributed by atoms with Crippen LogP contribution in [0.25, 0.3) is 0 Å². The second-order valence-electron chi connectivity index (χ2n) is 4.89. The Hall–Kier alpha value is -2.29. The summed E-state index contributed by atoms with van der Waals surface area (Å²) in [5.41, 5.74) is 1.95. The summed E-state index contributed by atoms with van der Waals surface area (Å²) in [7, 11) is 0. The largest absolute Gasteiger partial charge is 0.372 e. The number of carbonyl (C=O) groups is 1. The molecular weight excluding hydrogens is 260 g/mol. The summed E-state index contributed by atoms with van der Waals surface area (Å²) in [6.07, 6.45) is 0.932. The molecule has 0 unspecified atom stereocenters. The lowest BCUT2D eigenvalue weighted by Gasteiger charge is -2.23. The minimum Gasteiger partial charge on any atom is -0.372 e. The van der Waals surface area contributed by atoms with Gasteiger partial charge < -0.3 is 10.2 Å². The van der Waals surface area contributed by atoms with Crippen LogP contribution in [-0.4, -0.2) is 25.5 Å². The number of hydrogen-bond donors (Lipinski definition) is 1. The molecule has 2 aromatic carbocycles. The van der Waals surface area contributed by atoms with Crippen LogP contribution in [0.2, 0.25) is 0 Å². The van der Waals surface area contributed by atoms with Gasteiger partial charge in [0.1, 0.15) is 0 Å². The molecule has 0 aromatic heterocycles. The van der Waals surface area contributed by atoms with E-state index < -0.39 is 0 Å². The Morgan fingerprint density at radius 2 is 1.62 bits per heavy atom. The normalized spacial score (nSPS) is 10.1. The van der Waals surface area contributed by atoms with Crippen LogP contribution in [0.3, 0.4) is 0 Å². The van der Waals surface area contributed by atoms with Gasteiger partial charge >= 0.3 is 0 Å². The average molecular weight is 282 g/mol. The molecular formula is C18H22N2O. The van der Waals surface area contributed by atoms with E-state index in [1.54, 1.807) is 0 Å². The minimum absolute atomic E-state index is 0.00152. The van der Waals surface area contributed by atoms with Gasteiger partial charge in [0.2, 0.25) is 0 Å². The number of rotatable bonds is 7. The van der Waals surface area contributed by atoms with E-state index >= 15 is 0 Å². The molecule has 0 aliphatic rings. The topological polar surface area (TPSA) is 32.3 Å². The molecule has 0 heterocycles. The first-order chi connectivity index (χ1) is 10.3. The van der Waals surface area contributed by atoms with Crippen molar-refractivity contribution in [2.45, 2.75) is 13.3 Å². The maximum atomic E-state index is 11.9. The van der Waals surface area contributed by atoms with Crippen LogP contribution in [0, 0.1) is 0 Å². The van der Waals surface area contributed by atoms with Gasteiger partial charge in [-0.25, -0.2) is 0 Å². The van der Waals surface area contributed by atoms with Gasteiger partial charge in [-0.15, -0.1) is 0 Å². The van der Waals surface area contributed by atoms with E-state index in [-0.39, 0.29) is 5.91 Å². The molecule has 1 amide bonds. The predicted molar refractivity (Wildman–Crippen MR) is 87.7 cm³/mol. The van der Waals surface area contributed by atoms with E-state index in [9.17, 15) is 4.79 Å². The molecule has 2 aromatic rings. The van der Waals surface area contributed by atoms with Crippen LogP contribution in [0.5, 0.6) is 0 Å². The number of amides is 1. The van der Waals surface area contributed by atoms with Crippen molar-refractivity contribution in [1.29, 1.82) is 0 Å². The minimum atomic E-state index is -0.00152. The number of para-hydroxylation sites is 1. The van der Waals surface area contributed by atoms with E-state index in [0.717, 1.165) is 19.5 Å². The Bertz CT molecular complexity index is 540. The highest BCUT2D eigenvalue weighted by Gasteiger charge is 2.05. The summed E-state index contributed by atoms with van der Waals surface area (Å²) in [5.74, 6) is -0.00152. The van der Waals surface area contributed by atoms with E-state index in [1.807, 2.05) is 36.4 Å². The molecule has 0 aliphatic carbocycles. The van der Waals surface area contributed by atoms with Crippen molar-refractivity contribution in [3.05, 3.63) is 66.2 Å². The number of benzene rings is 2. The van der Waals surface area contributed by atoms with Gasteiger partial charge in [-0.3, -0.25) is 4.79 Å². The van der Waals surface area contributed by atoms with Gasteiger partial charge in [-0.2, -0.15) is 0 Å². The number of nitrogens with zero attached hydrogens (tertiary/aromatic N) is 1. The molecule has 2 rings (SSSR count). The Morgan fingerprint density at radius 3 is 2.24 bits per heavy atom. The van der Waals surface area contributed by atoms with Crippen molar-refractivity contribution in [1.82, 2.24) is 5.32 Å². The summed E-state index contributed by atoms with van der Waals surface area (Å²) in [6, 6.07) is 19.7. The van der Waals surface area contributed by atoms with Gasteiger partial charge in [0.05, 0.1) is 0 Å². The zero-order valence-corrected chi connectivity index (χ0v) is 12.5.